The van der Waals surface area contributed by atoms with Crippen molar-refractivity contribution < 1.29 is 9.47 Å². The zero-order chi connectivity index (χ0) is 11.9. The summed E-state index contributed by atoms with van der Waals surface area (Å²) in [6.45, 7) is 2.90. The molecule has 0 aliphatic heterocycles. The highest BCUT2D eigenvalue weighted by Gasteiger charge is 2.20. The predicted molar refractivity (Wildman–Crippen MR) is 68.2 cm³/mol. The Kier molecular flexibility index (Phi) is 4.83. The summed E-state index contributed by atoms with van der Waals surface area (Å²) >= 11 is 0. The van der Waals surface area contributed by atoms with E-state index >= 15 is 0 Å². The average Bonchev–Trinajstić information content (AvgIpc) is 3.15. The summed E-state index contributed by atoms with van der Waals surface area (Å²) in [5.74, 6) is 1.73. The summed E-state index contributed by atoms with van der Waals surface area (Å²) in [5.41, 5.74) is 6.75. The molecule has 1 aliphatic rings. The van der Waals surface area contributed by atoms with Gasteiger partial charge in [-0.25, -0.2) is 0 Å². The van der Waals surface area contributed by atoms with E-state index in [4.69, 9.17) is 15.2 Å². The van der Waals surface area contributed by atoms with E-state index < -0.39 is 0 Å². The van der Waals surface area contributed by atoms with Crippen LogP contribution in [-0.4, -0.2) is 26.4 Å². The van der Waals surface area contributed by atoms with Gasteiger partial charge in [0.1, 0.15) is 12.4 Å². The van der Waals surface area contributed by atoms with Crippen LogP contribution in [0.5, 0.6) is 5.75 Å². The third kappa shape index (κ3) is 4.75. The maximum atomic E-state index is 5.59. The van der Waals surface area contributed by atoms with Gasteiger partial charge in [-0.1, -0.05) is 12.1 Å². The van der Waals surface area contributed by atoms with Crippen LogP contribution in [0, 0.1) is 5.92 Å². The van der Waals surface area contributed by atoms with Gasteiger partial charge in [-0.2, -0.15) is 0 Å². The fourth-order valence-electron chi connectivity index (χ4n) is 1.67. The van der Waals surface area contributed by atoms with E-state index in [9.17, 15) is 0 Å². The minimum Gasteiger partial charge on any atom is -0.491 e. The molecule has 0 amide bonds. The maximum absolute atomic E-state index is 5.59. The molecule has 3 nitrogen and oxygen atoms in total. The molecule has 94 valence electrons. The first-order valence-corrected chi connectivity index (χ1v) is 6.38. The summed E-state index contributed by atoms with van der Waals surface area (Å²) in [6, 6.07) is 8.11. The molecule has 2 rings (SSSR count). The molecule has 17 heavy (non-hydrogen) atoms. The number of nitrogens with two attached hydrogens (primary N) is 1. The van der Waals surface area contributed by atoms with Crippen molar-refractivity contribution >= 4 is 0 Å². The van der Waals surface area contributed by atoms with Gasteiger partial charge in [-0.05, 0) is 49.4 Å². The predicted octanol–water partition coefficient (Wildman–Crippen LogP) is 1.99. The van der Waals surface area contributed by atoms with Crippen molar-refractivity contribution in [3.05, 3.63) is 29.8 Å². The third-order valence-corrected chi connectivity index (χ3v) is 2.90. The molecule has 2 N–H and O–H groups in total. The molecular weight excluding hydrogens is 214 g/mol. The van der Waals surface area contributed by atoms with Gasteiger partial charge in [0, 0.05) is 6.61 Å². The molecule has 1 aromatic carbocycles. The van der Waals surface area contributed by atoms with E-state index in [1.54, 1.807) is 0 Å². The van der Waals surface area contributed by atoms with Crippen molar-refractivity contribution in [2.75, 3.05) is 26.4 Å². The van der Waals surface area contributed by atoms with Gasteiger partial charge in [0.25, 0.3) is 0 Å². The number of ether oxygens (including phenoxy) is 2. The highest BCUT2D eigenvalue weighted by molar-refractivity contribution is 5.27. The van der Waals surface area contributed by atoms with E-state index in [1.807, 2.05) is 12.1 Å². The molecule has 0 spiro atoms. The molecule has 0 radical (unpaired) electrons. The van der Waals surface area contributed by atoms with Crippen LogP contribution in [0.3, 0.4) is 0 Å². The van der Waals surface area contributed by atoms with Crippen molar-refractivity contribution in [2.45, 2.75) is 19.3 Å². The standard InChI is InChI=1S/C14H21NO2/c15-8-7-12-3-5-14(6-4-12)17-10-9-16-11-13-1-2-13/h3-6,13H,1-2,7-11,15H2. The van der Waals surface area contributed by atoms with Crippen LogP contribution in [0.4, 0.5) is 0 Å². The minimum atomic E-state index is 0.628. The van der Waals surface area contributed by atoms with Crippen molar-refractivity contribution in [2.24, 2.45) is 11.7 Å². The first-order valence-electron chi connectivity index (χ1n) is 6.38. The number of hydrogen-bond donors (Lipinski definition) is 1. The Morgan fingerprint density at radius 1 is 1.12 bits per heavy atom. The van der Waals surface area contributed by atoms with Gasteiger partial charge in [0.05, 0.1) is 6.61 Å². The van der Waals surface area contributed by atoms with Crippen molar-refractivity contribution in [1.29, 1.82) is 0 Å². The summed E-state index contributed by atoms with van der Waals surface area (Å²) in [4.78, 5) is 0. The van der Waals surface area contributed by atoms with Crippen molar-refractivity contribution in [1.82, 2.24) is 0 Å². The van der Waals surface area contributed by atoms with Gasteiger partial charge in [0.15, 0.2) is 0 Å². The molecule has 1 aliphatic carbocycles. The van der Waals surface area contributed by atoms with Crippen LogP contribution in [0.1, 0.15) is 18.4 Å². The molecule has 0 saturated heterocycles. The number of benzene rings is 1. The lowest BCUT2D eigenvalue weighted by Crippen LogP contribution is -2.08. The monoisotopic (exact) mass is 235 g/mol. The molecule has 0 bridgehead atoms. The Morgan fingerprint density at radius 3 is 2.53 bits per heavy atom. The van der Waals surface area contributed by atoms with Crippen LogP contribution in [0.25, 0.3) is 0 Å². The van der Waals surface area contributed by atoms with Crippen molar-refractivity contribution in [3.8, 4) is 5.75 Å². The zero-order valence-corrected chi connectivity index (χ0v) is 10.2. The molecule has 1 saturated carbocycles. The summed E-state index contributed by atoms with van der Waals surface area (Å²) in [7, 11) is 0. The van der Waals surface area contributed by atoms with E-state index in [0.29, 0.717) is 19.8 Å². The second-order valence-corrected chi connectivity index (χ2v) is 4.55. The maximum Gasteiger partial charge on any atom is 0.119 e. The summed E-state index contributed by atoms with van der Waals surface area (Å²) in [5, 5.41) is 0. The normalized spacial score (nSPS) is 14.9. The number of rotatable bonds is 8. The minimum absolute atomic E-state index is 0.628. The zero-order valence-electron chi connectivity index (χ0n) is 10.2. The molecular formula is C14H21NO2. The largest absolute Gasteiger partial charge is 0.491 e. The molecule has 0 heterocycles. The molecule has 1 fully saturated rings. The van der Waals surface area contributed by atoms with E-state index in [0.717, 1.165) is 24.7 Å². The Morgan fingerprint density at radius 2 is 1.88 bits per heavy atom. The first-order chi connectivity index (χ1) is 8.38. The molecule has 1 aromatic rings. The Balaban J connectivity index is 1.60. The molecule has 0 unspecified atom stereocenters. The number of hydrogen-bond acceptors (Lipinski definition) is 3. The second-order valence-electron chi connectivity index (χ2n) is 4.55. The smallest absolute Gasteiger partial charge is 0.119 e. The van der Waals surface area contributed by atoms with Crippen LogP contribution in [0.15, 0.2) is 24.3 Å². The second kappa shape index (κ2) is 6.62. The van der Waals surface area contributed by atoms with Gasteiger partial charge >= 0.3 is 0 Å². The van der Waals surface area contributed by atoms with E-state index in [1.165, 1.54) is 18.4 Å². The summed E-state index contributed by atoms with van der Waals surface area (Å²) < 4.78 is 11.1. The van der Waals surface area contributed by atoms with Crippen LogP contribution in [-0.2, 0) is 11.2 Å². The summed E-state index contributed by atoms with van der Waals surface area (Å²) in [6.07, 6.45) is 3.59. The van der Waals surface area contributed by atoms with Crippen LogP contribution < -0.4 is 10.5 Å². The first kappa shape index (κ1) is 12.4. The van der Waals surface area contributed by atoms with Gasteiger partial charge in [-0.15, -0.1) is 0 Å². The van der Waals surface area contributed by atoms with Gasteiger partial charge in [-0.3, -0.25) is 0 Å². The van der Waals surface area contributed by atoms with E-state index in [2.05, 4.69) is 12.1 Å². The fourth-order valence-corrected chi connectivity index (χ4v) is 1.67. The lowest BCUT2D eigenvalue weighted by molar-refractivity contribution is 0.0927. The van der Waals surface area contributed by atoms with Crippen LogP contribution >= 0.6 is 0 Å². The topological polar surface area (TPSA) is 44.5 Å². The molecule has 0 atom stereocenters. The molecule has 0 aromatic heterocycles. The Hall–Kier alpha value is -1.06. The van der Waals surface area contributed by atoms with Crippen molar-refractivity contribution in [3.63, 3.8) is 0 Å². The molecule has 3 heteroatoms. The lowest BCUT2D eigenvalue weighted by Gasteiger charge is -2.07. The Bertz CT molecular complexity index is 319. The van der Waals surface area contributed by atoms with Gasteiger partial charge < -0.3 is 15.2 Å². The van der Waals surface area contributed by atoms with Gasteiger partial charge in [0.2, 0.25) is 0 Å². The quantitative estimate of drug-likeness (QED) is 0.701. The highest BCUT2D eigenvalue weighted by atomic mass is 16.5. The third-order valence-electron chi connectivity index (χ3n) is 2.90. The Labute approximate surface area is 103 Å². The van der Waals surface area contributed by atoms with Crippen LogP contribution in [0.2, 0.25) is 0 Å². The average molecular weight is 235 g/mol. The SMILES string of the molecule is NCCc1ccc(OCCOCC2CC2)cc1. The highest BCUT2D eigenvalue weighted by Crippen LogP contribution is 2.28. The van der Waals surface area contributed by atoms with E-state index in [-0.39, 0.29) is 0 Å². The fraction of sp³-hybridized carbons (Fsp3) is 0.571. The lowest BCUT2D eigenvalue weighted by atomic mass is 10.1.